The van der Waals surface area contributed by atoms with Crippen LogP contribution in [-0.4, -0.2) is 38.9 Å². The van der Waals surface area contributed by atoms with Crippen molar-refractivity contribution in [3.63, 3.8) is 0 Å². The van der Waals surface area contributed by atoms with Crippen LogP contribution in [0.15, 0.2) is 6.07 Å². The lowest BCUT2D eigenvalue weighted by Gasteiger charge is -2.21. The minimum absolute atomic E-state index is 0.194. The minimum Gasteiger partial charge on any atom is -0.393 e. The molecule has 0 radical (unpaired) electrons. The smallest absolute Gasteiger partial charge is 0.134 e. The van der Waals surface area contributed by atoms with Crippen LogP contribution in [0.25, 0.3) is 0 Å². The lowest BCUT2D eigenvalue weighted by atomic mass is 10.1. The van der Waals surface area contributed by atoms with Crippen LogP contribution in [0, 0.1) is 0 Å². The number of hydrogen-bond donors (Lipinski definition) is 3. The standard InChI is InChI=1S/C10H16ClN3O2/c1-3-8-13-7(11)4-9(14-8)12-5-10(2,16)6-15/h4,15-16H,3,5-6H2,1-2H3,(H,12,13,14). The summed E-state index contributed by atoms with van der Waals surface area (Å²) < 4.78 is 0. The third-order valence-corrected chi connectivity index (χ3v) is 2.24. The molecule has 0 aliphatic rings. The molecule has 1 atom stereocenters. The highest BCUT2D eigenvalue weighted by molar-refractivity contribution is 6.29. The maximum absolute atomic E-state index is 9.59. The van der Waals surface area contributed by atoms with Crippen LogP contribution in [0.4, 0.5) is 5.82 Å². The number of rotatable bonds is 5. The Labute approximate surface area is 99.5 Å². The van der Waals surface area contributed by atoms with Crippen molar-refractivity contribution in [1.82, 2.24) is 9.97 Å². The van der Waals surface area contributed by atoms with E-state index in [9.17, 15) is 5.11 Å². The summed E-state index contributed by atoms with van der Waals surface area (Å²) in [5, 5.41) is 21.7. The summed E-state index contributed by atoms with van der Waals surface area (Å²) in [5.41, 5.74) is -1.18. The fourth-order valence-corrected chi connectivity index (χ4v) is 1.25. The van der Waals surface area contributed by atoms with Crippen LogP contribution in [0.5, 0.6) is 0 Å². The number of aromatic nitrogens is 2. The number of aliphatic hydroxyl groups is 2. The fourth-order valence-electron chi connectivity index (χ4n) is 1.05. The third kappa shape index (κ3) is 3.92. The van der Waals surface area contributed by atoms with Crippen molar-refractivity contribution in [3.05, 3.63) is 17.0 Å². The van der Waals surface area contributed by atoms with E-state index >= 15 is 0 Å². The molecule has 90 valence electrons. The number of hydrogen-bond acceptors (Lipinski definition) is 5. The van der Waals surface area contributed by atoms with Gasteiger partial charge in [-0.15, -0.1) is 0 Å². The van der Waals surface area contributed by atoms with Gasteiger partial charge in [0.25, 0.3) is 0 Å². The number of anilines is 1. The van der Waals surface area contributed by atoms with Crippen molar-refractivity contribution in [1.29, 1.82) is 0 Å². The number of aliphatic hydroxyl groups excluding tert-OH is 1. The van der Waals surface area contributed by atoms with Crippen molar-refractivity contribution in [2.75, 3.05) is 18.5 Å². The van der Waals surface area contributed by atoms with Gasteiger partial charge in [-0.2, -0.15) is 0 Å². The SMILES string of the molecule is CCc1nc(Cl)cc(NCC(C)(O)CO)n1. The molecule has 5 nitrogen and oxygen atoms in total. The molecule has 3 N–H and O–H groups in total. The van der Waals surface area contributed by atoms with Crippen molar-refractivity contribution in [2.24, 2.45) is 0 Å². The highest BCUT2D eigenvalue weighted by Gasteiger charge is 2.18. The van der Waals surface area contributed by atoms with Gasteiger partial charge in [0.1, 0.15) is 22.4 Å². The van der Waals surface area contributed by atoms with Crippen molar-refractivity contribution >= 4 is 17.4 Å². The van der Waals surface area contributed by atoms with E-state index in [0.29, 0.717) is 23.2 Å². The first-order valence-electron chi connectivity index (χ1n) is 5.07. The molecule has 0 saturated carbocycles. The van der Waals surface area contributed by atoms with Crippen molar-refractivity contribution in [2.45, 2.75) is 25.9 Å². The van der Waals surface area contributed by atoms with Gasteiger partial charge >= 0.3 is 0 Å². The van der Waals surface area contributed by atoms with Gasteiger partial charge in [-0.1, -0.05) is 18.5 Å². The summed E-state index contributed by atoms with van der Waals surface area (Å²) in [7, 11) is 0. The van der Waals surface area contributed by atoms with E-state index in [0.717, 1.165) is 0 Å². The molecule has 1 aromatic rings. The van der Waals surface area contributed by atoms with Gasteiger partial charge in [0.15, 0.2) is 0 Å². The van der Waals surface area contributed by atoms with Crippen LogP contribution in [0.1, 0.15) is 19.7 Å². The molecule has 1 rings (SSSR count). The molecule has 6 heteroatoms. The van der Waals surface area contributed by atoms with E-state index < -0.39 is 5.60 Å². The van der Waals surface area contributed by atoms with Gasteiger partial charge < -0.3 is 15.5 Å². The van der Waals surface area contributed by atoms with Gasteiger partial charge in [0.2, 0.25) is 0 Å². The number of nitrogens with one attached hydrogen (secondary N) is 1. The summed E-state index contributed by atoms with van der Waals surface area (Å²) >= 11 is 5.81. The lowest BCUT2D eigenvalue weighted by Crippen LogP contribution is -2.37. The Kier molecular flexibility index (Phi) is 4.46. The summed E-state index contributed by atoms with van der Waals surface area (Å²) in [6.07, 6.45) is 0.686. The van der Waals surface area contributed by atoms with Gasteiger partial charge in [-0.25, -0.2) is 9.97 Å². The topological polar surface area (TPSA) is 78.3 Å². The molecule has 0 bridgehead atoms. The maximum atomic E-state index is 9.59. The van der Waals surface area contributed by atoms with Crippen LogP contribution in [0.2, 0.25) is 5.15 Å². The number of nitrogens with zero attached hydrogens (tertiary/aromatic N) is 2. The first-order valence-corrected chi connectivity index (χ1v) is 5.45. The van der Waals surface area contributed by atoms with Crippen LogP contribution < -0.4 is 5.32 Å². The normalized spacial score (nSPS) is 14.6. The zero-order valence-electron chi connectivity index (χ0n) is 9.37. The molecular formula is C10H16ClN3O2. The Morgan fingerprint density at radius 2 is 2.19 bits per heavy atom. The predicted octanol–water partition coefficient (Wildman–Crippen LogP) is 0.848. The lowest BCUT2D eigenvalue weighted by molar-refractivity contribution is 0.0131. The Balaban J connectivity index is 2.70. The van der Waals surface area contributed by atoms with Crippen molar-refractivity contribution in [3.8, 4) is 0 Å². The molecular weight excluding hydrogens is 230 g/mol. The molecule has 0 aliphatic carbocycles. The van der Waals surface area contributed by atoms with E-state index in [1.165, 1.54) is 6.92 Å². The monoisotopic (exact) mass is 245 g/mol. The summed E-state index contributed by atoms with van der Waals surface area (Å²) in [6, 6.07) is 1.58. The second-order valence-electron chi connectivity index (χ2n) is 3.85. The third-order valence-electron chi connectivity index (χ3n) is 2.05. The van der Waals surface area contributed by atoms with E-state index in [2.05, 4.69) is 15.3 Å². The second-order valence-corrected chi connectivity index (χ2v) is 4.24. The molecule has 0 aliphatic heterocycles. The number of aryl methyl sites for hydroxylation is 1. The molecule has 0 amide bonds. The largest absolute Gasteiger partial charge is 0.393 e. The van der Waals surface area contributed by atoms with Crippen molar-refractivity contribution < 1.29 is 10.2 Å². The minimum atomic E-state index is -1.18. The second kappa shape index (κ2) is 5.43. The quantitative estimate of drug-likeness (QED) is 0.671. The van der Waals surface area contributed by atoms with Crippen LogP contribution in [0.3, 0.4) is 0 Å². The molecule has 0 spiro atoms. The van der Waals surface area contributed by atoms with Crippen LogP contribution in [-0.2, 0) is 6.42 Å². The average molecular weight is 246 g/mol. The number of halogens is 1. The first-order chi connectivity index (χ1) is 7.46. The molecule has 1 aromatic heterocycles. The summed E-state index contributed by atoms with van der Waals surface area (Å²) in [5.74, 6) is 1.18. The molecule has 0 saturated heterocycles. The summed E-state index contributed by atoms with van der Waals surface area (Å²) in [4.78, 5) is 8.21. The maximum Gasteiger partial charge on any atom is 0.134 e. The molecule has 1 unspecified atom stereocenters. The van der Waals surface area contributed by atoms with E-state index in [-0.39, 0.29) is 13.2 Å². The van der Waals surface area contributed by atoms with E-state index in [4.69, 9.17) is 16.7 Å². The molecule has 0 aromatic carbocycles. The molecule has 0 fully saturated rings. The Morgan fingerprint density at radius 1 is 1.50 bits per heavy atom. The van der Waals surface area contributed by atoms with Gasteiger partial charge in [0.05, 0.1) is 6.61 Å². The van der Waals surface area contributed by atoms with Gasteiger partial charge in [-0.3, -0.25) is 0 Å². The Morgan fingerprint density at radius 3 is 2.75 bits per heavy atom. The molecule has 16 heavy (non-hydrogen) atoms. The zero-order valence-corrected chi connectivity index (χ0v) is 10.1. The van der Waals surface area contributed by atoms with Gasteiger partial charge in [-0.05, 0) is 6.92 Å². The van der Waals surface area contributed by atoms with E-state index in [1.54, 1.807) is 6.07 Å². The summed E-state index contributed by atoms with van der Waals surface area (Å²) in [6.45, 7) is 3.34. The Hall–Kier alpha value is -0.910. The van der Waals surface area contributed by atoms with Gasteiger partial charge in [0, 0.05) is 19.0 Å². The van der Waals surface area contributed by atoms with E-state index in [1.807, 2.05) is 6.92 Å². The Bertz CT molecular complexity index is 358. The van der Waals surface area contributed by atoms with Crippen LogP contribution >= 0.6 is 11.6 Å². The highest BCUT2D eigenvalue weighted by atomic mass is 35.5. The fraction of sp³-hybridized carbons (Fsp3) is 0.600. The zero-order chi connectivity index (χ0) is 12.2. The highest BCUT2D eigenvalue weighted by Crippen LogP contribution is 2.13. The average Bonchev–Trinajstić information content (AvgIpc) is 2.26. The first kappa shape index (κ1) is 13.2. The predicted molar refractivity (Wildman–Crippen MR) is 62.6 cm³/mol. The molecule has 1 heterocycles.